The minimum Gasteiger partial charge on any atom is -0.379 e. The zero-order valence-corrected chi connectivity index (χ0v) is 19.6. The zero-order chi connectivity index (χ0) is 22.3. The summed E-state index contributed by atoms with van der Waals surface area (Å²) in [6.45, 7) is 8.71. The summed E-state index contributed by atoms with van der Waals surface area (Å²) < 4.78 is 5.45. The fourth-order valence-electron chi connectivity index (χ4n) is 3.79. The molecule has 32 heavy (non-hydrogen) atoms. The normalized spacial score (nSPS) is 14.7. The molecule has 1 saturated heterocycles. The highest BCUT2D eigenvalue weighted by Gasteiger charge is 2.19. The van der Waals surface area contributed by atoms with Gasteiger partial charge >= 0.3 is 0 Å². The van der Waals surface area contributed by atoms with Gasteiger partial charge in [-0.3, -0.25) is 9.69 Å². The standard InChI is InChI=1S/C25H30N4O2S/c1-19(2)29(16-20-8-4-3-5-9-20)24(30)18-32-25-21-10-6-7-11-22(21)26-23(27-25)17-28-12-14-31-15-13-28/h3-11,19H,12-18H2,1-2H3. The minimum atomic E-state index is 0.117. The Morgan fingerprint density at radius 2 is 1.78 bits per heavy atom. The summed E-state index contributed by atoms with van der Waals surface area (Å²) in [6.07, 6.45) is 0. The Morgan fingerprint density at radius 3 is 2.53 bits per heavy atom. The van der Waals surface area contributed by atoms with Crippen molar-refractivity contribution in [1.82, 2.24) is 19.8 Å². The number of carbonyl (C=O) groups is 1. The van der Waals surface area contributed by atoms with E-state index >= 15 is 0 Å². The van der Waals surface area contributed by atoms with E-state index in [0.29, 0.717) is 18.8 Å². The smallest absolute Gasteiger partial charge is 0.233 e. The number of ether oxygens (including phenoxy) is 1. The van der Waals surface area contributed by atoms with E-state index in [1.807, 2.05) is 47.4 Å². The molecule has 0 unspecified atom stereocenters. The van der Waals surface area contributed by atoms with Crippen molar-refractivity contribution >= 4 is 28.6 Å². The number of rotatable bonds is 8. The molecule has 0 spiro atoms. The molecular formula is C25H30N4O2S. The summed E-state index contributed by atoms with van der Waals surface area (Å²) in [7, 11) is 0. The first-order valence-electron chi connectivity index (χ1n) is 11.1. The van der Waals surface area contributed by atoms with Crippen LogP contribution in [0.15, 0.2) is 59.6 Å². The molecule has 0 bridgehead atoms. The maximum absolute atomic E-state index is 13.1. The van der Waals surface area contributed by atoms with Gasteiger partial charge in [-0.15, -0.1) is 0 Å². The van der Waals surface area contributed by atoms with Crippen LogP contribution in [0.2, 0.25) is 0 Å². The number of benzene rings is 2. The third-order valence-electron chi connectivity index (χ3n) is 5.56. The summed E-state index contributed by atoms with van der Waals surface area (Å²) >= 11 is 1.50. The molecule has 168 valence electrons. The van der Waals surface area contributed by atoms with Gasteiger partial charge in [0.2, 0.25) is 5.91 Å². The molecule has 0 aliphatic carbocycles. The molecule has 2 heterocycles. The van der Waals surface area contributed by atoms with E-state index in [1.54, 1.807) is 0 Å². The molecule has 0 radical (unpaired) electrons. The zero-order valence-electron chi connectivity index (χ0n) is 18.7. The van der Waals surface area contributed by atoms with Gasteiger partial charge in [0.1, 0.15) is 10.9 Å². The van der Waals surface area contributed by atoms with Gasteiger partial charge in [-0.2, -0.15) is 0 Å². The summed E-state index contributed by atoms with van der Waals surface area (Å²) in [5.74, 6) is 1.26. The van der Waals surface area contributed by atoms with Crippen LogP contribution in [0.5, 0.6) is 0 Å². The Labute approximate surface area is 194 Å². The highest BCUT2D eigenvalue weighted by Crippen LogP contribution is 2.26. The number of hydrogen-bond acceptors (Lipinski definition) is 6. The van der Waals surface area contributed by atoms with Crippen LogP contribution in [-0.4, -0.2) is 63.8 Å². The van der Waals surface area contributed by atoms with Crippen molar-refractivity contribution in [2.75, 3.05) is 32.1 Å². The molecule has 4 rings (SSSR count). The lowest BCUT2D eigenvalue weighted by Gasteiger charge is -2.27. The van der Waals surface area contributed by atoms with E-state index in [9.17, 15) is 4.79 Å². The molecular weight excluding hydrogens is 420 g/mol. The second kappa shape index (κ2) is 10.9. The van der Waals surface area contributed by atoms with Crippen molar-refractivity contribution in [1.29, 1.82) is 0 Å². The van der Waals surface area contributed by atoms with Gasteiger partial charge in [0.25, 0.3) is 0 Å². The molecule has 7 heteroatoms. The van der Waals surface area contributed by atoms with E-state index in [-0.39, 0.29) is 11.9 Å². The number of amides is 1. The summed E-state index contributed by atoms with van der Waals surface area (Å²) in [4.78, 5) is 27.0. The van der Waals surface area contributed by atoms with Crippen molar-refractivity contribution < 1.29 is 9.53 Å². The summed E-state index contributed by atoms with van der Waals surface area (Å²) in [5.41, 5.74) is 2.06. The number of morpholine rings is 1. The first-order chi connectivity index (χ1) is 15.6. The van der Waals surface area contributed by atoms with E-state index in [2.05, 4.69) is 30.9 Å². The van der Waals surface area contributed by atoms with Gasteiger partial charge in [0.05, 0.1) is 31.0 Å². The lowest BCUT2D eigenvalue weighted by atomic mass is 10.2. The van der Waals surface area contributed by atoms with Crippen LogP contribution in [0.1, 0.15) is 25.2 Å². The van der Waals surface area contributed by atoms with Gasteiger partial charge in [-0.25, -0.2) is 9.97 Å². The summed E-state index contributed by atoms with van der Waals surface area (Å²) in [5, 5.41) is 1.87. The molecule has 1 aromatic heterocycles. The van der Waals surface area contributed by atoms with Gasteiger partial charge in [0, 0.05) is 31.1 Å². The van der Waals surface area contributed by atoms with Gasteiger partial charge in [-0.1, -0.05) is 60.3 Å². The van der Waals surface area contributed by atoms with Crippen molar-refractivity contribution in [2.45, 2.75) is 38.0 Å². The molecule has 1 aliphatic rings. The third kappa shape index (κ3) is 5.85. The van der Waals surface area contributed by atoms with Crippen molar-refractivity contribution in [3.63, 3.8) is 0 Å². The summed E-state index contributed by atoms with van der Waals surface area (Å²) in [6, 6.07) is 18.3. The monoisotopic (exact) mass is 450 g/mol. The second-order valence-corrected chi connectivity index (χ2v) is 9.20. The molecule has 0 saturated carbocycles. The highest BCUT2D eigenvalue weighted by molar-refractivity contribution is 8.00. The lowest BCUT2D eigenvalue weighted by molar-refractivity contribution is -0.130. The van der Waals surface area contributed by atoms with E-state index < -0.39 is 0 Å². The van der Waals surface area contributed by atoms with Crippen LogP contribution in [0.25, 0.3) is 10.9 Å². The van der Waals surface area contributed by atoms with E-state index in [0.717, 1.165) is 53.6 Å². The molecule has 3 aromatic rings. The second-order valence-electron chi connectivity index (χ2n) is 8.24. The number of thioether (sulfide) groups is 1. The van der Waals surface area contributed by atoms with Crippen LogP contribution in [0.4, 0.5) is 0 Å². The molecule has 1 aliphatic heterocycles. The lowest BCUT2D eigenvalue weighted by Crippen LogP contribution is -2.37. The van der Waals surface area contributed by atoms with Crippen LogP contribution in [0, 0.1) is 0 Å². The molecule has 1 fully saturated rings. The predicted octanol–water partition coefficient (Wildman–Crippen LogP) is 3.99. The number of carbonyl (C=O) groups excluding carboxylic acids is 1. The van der Waals surface area contributed by atoms with Gasteiger partial charge in [0.15, 0.2) is 0 Å². The molecule has 0 atom stereocenters. The van der Waals surface area contributed by atoms with Crippen molar-refractivity contribution in [3.05, 3.63) is 66.0 Å². The maximum atomic E-state index is 13.1. The quantitative estimate of drug-likeness (QED) is 0.382. The average Bonchev–Trinajstić information content (AvgIpc) is 2.82. The Balaban J connectivity index is 1.50. The van der Waals surface area contributed by atoms with Crippen LogP contribution in [0.3, 0.4) is 0 Å². The van der Waals surface area contributed by atoms with Crippen molar-refractivity contribution in [2.24, 2.45) is 0 Å². The SMILES string of the molecule is CC(C)N(Cc1ccccc1)C(=O)CSc1nc(CN2CCOCC2)nc2ccccc12. The van der Waals surface area contributed by atoms with Crippen LogP contribution >= 0.6 is 11.8 Å². The third-order valence-corrected chi connectivity index (χ3v) is 6.53. The Bertz CT molecular complexity index is 1040. The largest absolute Gasteiger partial charge is 0.379 e. The maximum Gasteiger partial charge on any atom is 0.233 e. The van der Waals surface area contributed by atoms with Gasteiger partial charge in [-0.05, 0) is 25.5 Å². The Hall–Kier alpha value is -2.48. The van der Waals surface area contributed by atoms with Crippen molar-refractivity contribution in [3.8, 4) is 0 Å². The fourth-order valence-corrected chi connectivity index (χ4v) is 4.71. The first-order valence-corrected chi connectivity index (χ1v) is 12.1. The Kier molecular flexibility index (Phi) is 7.73. The van der Waals surface area contributed by atoms with E-state index in [4.69, 9.17) is 14.7 Å². The Morgan fingerprint density at radius 1 is 1.06 bits per heavy atom. The van der Waals surface area contributed by atoms with E-state index in [1.165, 1.54) is 11.8 Å². The minimum absolute atomic E-state index is 0.117. The molecule has 0 N–H and O–H groups in total. The number of hydrogen-bond donors (Lipinski definition) is 0. The van der Waals surface area contributed by atoms with Gasteiger partial charge < -0.3 is 9.64 Å². The number of aromatic nitrogens is 2. The molecule has 1 amide bonds. The average molecular weight is 451 g/mol. The fraction of sp³-hybridized carbons (Fsp3) is 0.400. The van der Waals surface area contributed by atoms with Crippen LogP contribution in [-0.2, 0) is 22.6 Å². The first kappa shape index (κ1) is 22.7. The van der Waals surface area contributed by atoms with Crippen LogP contribution < -0.4 is 0 Å². The number of nitrogens with zero attached hydrogens (tertiary/aromatic N) is 4. The number of para-hydroxylation sites is 1. The molecule has 6 nitrogen and oxygen atoms in total. The number of fused-ring (bicyclic) bond motifs is 1. The topological polar surface area (TPSA) is 58.6 Å². The highest BCUT2D eigenvalue weighted by atomic mass is 32.2. The molecule has 2 aromatic carbocycles. The predicted molar refractivity (Wildman–Crippen MR) is 128 cm³/mol.